The summed E-state index contributed by atoms with van der Waals surface area (Å²) in [6, 6.07) is 6.17. The third-order valence-corrected chi connectivity index (χ3v) is 9.45. The maximum absolute atomic E-state index is 12.6. The van der Waals surface area contributed by atoms with E-state index in [0.29, 0.717) is 13.0 Å². The molecule has 0 amide bonds. The summed E-state index contributed by atoms with van der Waals surface area (Å²) in [5.41, 5.74) is 3.04. The highest BCUT2D eigenvalue weighted by Crippen LogP contribution is 2.37. The molecular formula is C20H34O2Si. The van der Waals surface area contributed by atoms with Gasteiger partial charge in [0.2, 0.25) is 0 Å². The average Bonchev–Trinajstić information content (AvgIpc) is 2.44. The van der Waals surface area contributed by atoms with Gasteiger partial charge < -0.3 is 4.43 Å². The molecule has 0 atom stereocenters. The van der Waals surface area contributed by atoms with Crippen molar-refractivity contribution in [2.24, 2.45) is 0 Å². The fourth-order valence-corrected chi connectivity index (χ4v) is 3.17. The lowest BCUT2D eigenvalue weighted by Gasteiger charge is -2.36. The van der Waals surface area contributed by atoms with E-state index in [0.717, 1.165) is 36.0 Å². The molecule has 0 N–H and O–H groups in total. The number of Topliss-reactive ketones (excluding diaryl/α,β-unsaturated/α-hetero) is 1. The Labute approximate surface area is 143 Å². The molecule has 1 aromatic carbocycles. The summed E-state index contributed by atoms with van der Waals surface area (Å²) in [6.45, 7) is 16.0. The van der Waals surface area contributed by atoms with Crippen LogP contribution in [-0.2, 0) is 11.0 Å². The number of ketones is 1. The van der Waals surface area contributed by atoms with Crippen LogP contribution in [0.3, 0.4) is 0 Å². The minimum absolute atomic E-state index is 0.184. The van der Waals surface area contributed by atoms with Crippen LogP contribution in [0.1, 0.15) is 74.9 Å². The summed E-state index contributed by atoms with van der Waals surface area (Å²) >= 11 is 0. The predicted octanol–water partition coefficient (Wildman–Crippen LogP) is 6.28. The Bertz CT molecular complexity index is 527. The molecule has 0 heterocycles. The van der Waals surface area contributed by atoms with Gasteiger partial charge in [0.05, 0.1) is 6.61 Å². The highest BCUT2D eigenvalue weighted by atomic mass is 28.4. The van der Waals surface area contributed by atoms with Gasteiger partial charge in [-0.3, -0.25) is 4.79 Å². The first-order chi connectivity index (χ1) is 10.6. The largest absolute Gasteiger partial charge is 0.413 e. The molecule has 23 heavy (non-hydrogen) atoms. The monoisotopic (exact) mass is 334 g/mol. The van der Waals surface area contributed by atoms with E-state index in [-0.39, 0.29) is 10.8 Å². The van der Waals surface area contributed by atoms with Gasteiger partial charge in [-0.15, -0.1) is 0 Å². The minimum atomic E-state index is -1.80. The molecule has 0 bridgehead atoms. The van der Waals surface area contributed by atoms with E-state index in [1.807, 2.05) is 13.0 Å². The van der Waals surface area contributed by atoms with Crippen molar-refractivity contribution in [2.75, 3.05) is 0 Å². The SMILES string of the molecule is CCCCCC(=O)c1cc(C)ccc1CO[Si](C)(C)C(C)(C)C. The molecule has 2 nitrogen and oxygen atoms in total. The molecule has 0 saturated carbocycles. The standard InChI is InChI=1S/C20H34O2Si/c1-8-9-10-11-19(21)18-14-16(2)12-13-17(18)15-22-23(6,7)20(3,4)5/h12-14H,8-11,15H2,1-7H3. The lowest BCUT2D eigenvalue weighted by Crippen LogP contribution is -2.40. The summed E-state index contributed by atoms with van der Waals surface area (Å²) in [5.74, 6) is 0.260. The summed E-state index contributed by atoms with van der Waals surface area (Å²) in [5, 5.41) is 0.184. The van der Waals surface area contributed by atoms with Crippen LogP contribution in [0.4, 0.5) is 0 Å². The number of aryl methyl sites for hydroxylation is 1. The zero-order chi connectivity index (χ0) is 17.7. The predicted molar refractivity (Wildman–Crippen MR) is 102 cm³/mol. The first-order valence-corrected chi connectivity index (χ1v) is 11.8. The van der Waals surface area contributed by atoms with Crippen LogP contribution >= 0.6 is 0 Å². The van der Waals surface area contributed by atoms with E-state index in [2.05, 4.69) is 52.9 Å². The Hall–Kier alpha value is -0.933. The number of rotatable bonds is 8. The first-order valence-electron chi connectivity index (χ1n) is 8.85. The molecule has 0 unspecified atom stereocenters. The molecule has 3 heteroatoms. The summed E-state index contributed by atoms with van der Waals surface area (Å²) in [7, 11) is -1.80. The second-order valence-electron chi connectivity index (χ2n) is 8.09. The van der Waals surface area contributed by atoms with Crippen molar-refractivity contribution in [3.8, 4) is 0 Å². The van der Waals surface area contributed by atoms with E-state index in [1.165, 1.54) is 0 Å². The highest BCUT2D eigenvalue weighted by molar-refractivity contribution is 6.74. The zero-order valence-electron chi connectivity index (χ0n) is 16.1. The van der Waals surface area contributed by atoms with Crippen LogP contribution in [0.25, 0.3) is 0 Å². The van der Waals surface area contributed by atoms with E-state index >= 15 is 0 Å². The van der Waals surface area contributed by atoms with Crippen molar-refractivity contribution in [1.29, 1.82) is 0 Å². The van der Waals surface area contributed by atoms with E-state index in [9.17, 15) is 4.79 Å². The van der Waals surface area contributed by atoms with Crippen LogP contribution in [-0.4, -0.2) is 14.1 Å². The molecule has 0 fully saturated rings. The second-order valence-corrected chi connectivity index (χ2v) is 12.9. The molecule has 0 radical (unpaired) electrons. The van der Waals surface area contributed by atoms with E-state index in [4.69, 9.17) is 4.43 Å². The number of carbonyl (C=O) groups excluding carboxylic acids is 1. The number of hydrogen-bond acceptors (Lipinski definition) is 2. The maximum Gasteiger partial charge on any atom is 0.192 e. The summed E-state index contributed by atoms with van der Waals surface area (Å²) in [6.07, 6.45) is 3.88. The molecule has 0 aliphatic rings. The van der Waals surface area contributed by atoms with E-state index < -0.39 is 8.32 Å². The quantitative estimate of drug-likeness (QED) is 0.318. The Morgan fingerprint density at radius 3 is 2.39 bits per heavy atom. The van der Waals surface area contributed by atoms with Gasteiger partial charge in [-0.05, 0) is 43.1 Å². The van der Waals surface area contributed by atoms with Gasteiger partial charge in [0.25, 0.3) is 0 Å². The molecular weight excluding hydrogens is 300 g/mol. The molecule has 1 rings (SSSR count). The summed E-state index contributed by atoms with van der Waals surface area (Å²) in [4.78, 5) is 12.6. The topological polar surface area (TPSA) is 26.3 Å². The third kappa shape index (κ3) is 5.89. The van der Waals surface area contributed by atoms with Crippen molar-refractivity contribution in [3.05, 3.63) is 34.9 Å². The van der Waals surface area contributed by atoms with Crippen LogP contribution < -0.4 is 0 Å². The van der Waals surface area contributed by atoms with Gasteiger partial charge in [0.15, 0.2) is 14.1 Å². The van der Waals surface area contributed by atoms with Gasteiger partial charge >= 0.3 is 0 Å². The fourth-order valence-electron chi connectivity index (χ4n) is 2.22. The lowest BCUT2D eigenvalue weighted by atomic mass is 9.98. The Morgan fingerprint density at radius 1 is 1.17 bits per heavy atom. The van der Waals surface area contributed by atoms with Crippen LogP contribution in [0.5, 0.6) is 0 Å². The van der Waals surface area contributed by atoms with Crippen LogP contribution in [0.15, 0.2) is 18.2 Å². The number of carbonyl (C=O) groups is 1. The molecule has 0 aromatic heterocycles. The second kappa shape index (κ2) is 8.25. The van der Waals surface area contributed by atoms with Gasteiger partial charge in [-0.2, -0.15) is 0 Å². The first kappa shape index (κ1) is 20.1. The molecule has 0 aliphatic heterocycles. The minimum Gasteiger partial charge on any atom is -0.413 e. The number of hydrogen-bond donors (Lipinski definition) is 0. The van der Waals surface area contributed by atoms with Crippen LogP contribution in [0.2, 0.25) is 18.1 Å². The van der Waals surface area contributed by atoms with Crippen molar-refractivity contribution < 1.29 is 9.22 Å². The molecule has 1 aromatic rings. The third-order valence-electron chi connectivity index (χ3n) is 4.97. The van der Waals surface area contributed by atoms with Gasteiger partial charge in [-0.25, -0.2) is 0 Å². The average molecular weight is 335 g/mol. The van der Waals surface area contributed by atoms with Gasteiger partial charge in [-0.1, -0.05) is 58.2 Å². The van der Waals surface area contributed by atoms with Gasteiger partial charge in [0, 0.05) is 12.0 Å². The fraction of sp³-hybridized carbons (Fsp3) is 0.650. The Morgan fingerprint density at radius 2 is 1.83 bits per heavy atom. The maximum atomic E-state index is 12.6. The van der Waals surface area contributed by atoms with Crippen LogP contribution in [0, 0.1) is 6.92 Å². The summed E-state index contributed by atoms with van der Waals surface area (Å²) < 4.78 is 6.32. The smallest absolute Gasteiger partial charge is 0.192 e. The Kier molecular flexibility index (Phi) is 7.21. The lowest BCUT2D eigenvalue weighted by molar-refractivity contribution is 0.0976. The Balaban J connectivity index is 2.89. The van der Waals surface area contributed by atoms with Crippen molar-refractivity contribution in [3.63, 3.8) is 0 Å². The zero-order valence-corrected chi connectivity index (χ0v) is 17.1. The molecule has 130 valence electrons. The van der Waals surface area contributed by atoms with Crippen molar-refractivity contribution in [1.82, 2.24) is 0 Å². The molecule has 0 saturated heterocycles. The van der Waals surface area contributed by atoms with Gasteiger partial charge in [0.1, 0.15) is 0 Å². The normalized spacial score (nSPS) is 12.5. The molecule has 0 aliphatic carbocycles. The highest BCUT2D eigenvalue weighted by Gasteiger charge is 2.37. The number of benzene rings is 1. The van der Waals surface area contributed by atoms with E-state index in [1.54, 1.807) is 0 Å². The van der Waals surface area contributed by atoms with Crippen molar-refractivity contribution >= 4 is 14.1 Å². The molecule has 0 spiro atoms. The number of unbranched alkanes of at least 4 members (excludes halogenated alkanes) is 2. The van der Waals surface area contributed by atoms with Crippen molar-refractivity contribution in [2.45, 2.75) is 85.0 Å².